The number of hydrogen-bond donors (Lipinski definition) is 0. The molecule has 0 radical (unpaired) electrons. The van der Waals surface area contributed by atoms with Gasteiger partial charge in [-0.15, -0.1) is 0 Å². The number of rotatable bonds is 3. The molecule has 0 bridgehead atoms. The summed E-state index contributed by atoms with van der Waals surface area (Å²) in [5.41, 5.74) is -1.48. The first-order valence-electron chi connectivity index (χ1n) is 5.88. The molecule has 1 aromatic heterocycles. The first kappa shape index (κ1) is 16.8. The molecule has 0 atom stereocenters. The van der Waals surface area contributed by atoms with Gasteiger partial charge in [0.2, 0.25) is 0 Å². The van der Waals surface area contributed by atoms with Crippen LogP contribution in [0.3, 0.4) is 0 Å². The van der Waals surface area contributed by atoms with Gasteiger partial charge in [-0.25, -0.2) is 13.9 Å². The van der Waals surface area contributed by atoms with Gasteiger partial charge in [0.1, 0.15) is 22.4 Å². The molecular formula is C13H9BrClF3N2O2. The molecule has 1 aromatic carbocycles. The monoisotopic (exact) mass is 396 g/mol. The third-order valence-electron chi connectivity index (χ3n) is 2.93. The second-order valence-corrected chi connectivity index (χ2v) is 5.47. The lowest BCUT2D eigenvalue weighted by molar-refractivity contribution is 0.0628. The van der Waals surface area contributed by atoms with E-state index in [1.165, 1.54) is 20.1 Å². The van der Waals surface area contributed by atoms with E-state index in [4.69, 9.17) is 16.3 Å². The number of nitrogens with zero attached hydrogens (tertiary/aromatic N) is 2. The van der Waals surface area contributed by atoms with Crippen LogP contribution in [0.2, 0.25) is 5.02 Å². The van der Waals surface area contributed by atoms with Gasteiger partial charge in [0.25, 0.3) is 5.56 Å². The van der Waals surface area contributed by atoms with Crippen LogP contribution in [-0.4, -0.2) is 16.7 Å². The van der Waals surface area contributed by atoms with Crippen LogP contribution in [0.4, 0.5) is 13.2 Å². The Bertz CT molecular complexity index is 796. The maximum atomic E-state index is 14.1. The summed E-state index contributed by atoms with van der Waals surface area (Å²) in [6.45, 7) is -1.88. The summed E-state index contributed by atoms with van der Waals surface area (Å²) in [6.07, 6.45) is 0. The summed E-state index contributed by atoms with van der Waals surface area (Å²) in [6, 6.07) is 2.39. The van der Waals surface area contributed by atoms with Crippen molar-refractivity contribution in [1.29, 1.82) is 0 Å². The van der Waals surface area contributed by atoms with E-state index in [1.807, 2.05) is 0 Å². The third kappa shape index (κ3) is 2.85. The minimum Gasteiger partial charge on any atom is -0.496 e. The lowest BCUT2D eigenvalue weighted by Crippen LogP contribution is -2.25. The van der Waals surface area contributed by atoms with Gasteiger partial charge < -0.3 is 4.74 Å². The highest BCUT2D eigenvalue weighted by Crippen LogP contribution is 2.34. The SMILES string of the molecule is COc1cc(-c2nc(C)n(C(F)F)c(=O)c2Cl)c(F)cc1Br. The molecule has 1 heterocycles. The van der Waals surface area contributed by atoms with Crippen LogP contribution in [0.1, 0.15) is 12.4 Å². The first-order valence-corrected chi connectivity index (χ1v) is 7.05. The maximum Gasteiger partial charge on any atom is 0.322 e. The van der Waals surface area contributed by atoms with Gasteiger partial charge in [0.15, 0.2) is 0 Å². The fraction of sp³-hybridized carbons (Fsp3) is 0.231. The van der Waals surface area contributed by atoms with E-state index in [2.05, 4.69) is 20.9 Å². The van der Waals surface area contributed by atoms with Crippen LogP contribution in [0.25, 0.3) is 11.3 Å². The molecule has 9 heteroatoms. The van der Waals surface area contributed by atoms with Crippen LogP contribution in [-0.2, 0) is 0 Å². The number of halogens is 5. The number of benzene rings is 1. The summed E-state index contributed by atoms with van der Waals surface area (Å²) in [5, 5.41) is -0.589. The molecule has 0 aliphatic carbocycles. The van der Waals surface area contributed by atoms with Crippen molar-refractivity contribution in [2.75, 3.05) is 7.11 Å². The molecule has 0 saturated heterocycles. The van der Waals surface area contributed by atoms with Crippen LogP contribution in [0.5, 0.6) is 5.75 Å². The van der Waals surface area contributed by atoms with E-state index in [0.717, 1.165) is 6.07 Å². The summed E-state index contributed by atoms with van der Waals surface area (Å²) < 4.78 is 45.3. The Morgan fingerprint density at radius 1 is 1.41 bits per heavy atom. The molecule has 0 saturated carbocycles. The molecule has 2 aromatic rings. The first-order chi connectivity index (χ1) is 10.3. The Balaban J connectivity index is 2.77. The molecule has 2 rings (SSSR count). The van der Waals surface area contributed by atoms with Crippen LogP contribution in [0, 0.1) is 12.7 Å². The number of hydrogen-bond acceptors (Lipinski definition) is 3. The highest BCUT2D eigenvalue weighted by molar-refractivity contribution is 9.10. The van der Waals surface area contributed by atoms with Gasteiger partial charge >= 0.3 is 6.55 Å². The predicted molar refractivity (Wildman–Crippen MR) is 79.1 cm³/mol. The summed E-state index contributed by atoms with van der Waals surface area (Å²) in [7, 11) is 1.37. The Hall–Kier alpha value is -1.54. The standard InChI is InChI=1S/C13H9BrClF3N2O2/c1-5-19-11(10(15)12(21)20(5)13(17)18)6-3-9(22-2)7(14)4-8(6)16/h3-4,13H,1-2H3. The van der Waals surface area contributed by atoms with Crippen LogP contribution < -0.4 is 10.3 Å². The number of aryl methyl sites for hydroxylation is 1. The van der Waals surface area contributed by atoms with Crippen molar-refractivity contribution in [3.05, 3.63) is 43.6 Å². The quantitative estimate of drug-likeness (QED) is 0.780. The number of ether oxygens (including phenoxy) is 1. The largest absolute Gasteiger partial charge is 0.496 e. The van der Waals surface area contributed by atoms with Crippen molar-refractivity contribution in [3.63, 3.8) is 0 Å². The van der Waals surface area contributed by atoms with Crippen LogP contribution in [0.15, 0.2) is 21.4 Å². The molecule has 0 aliphatic heterocycles. The van der Waals surface area contributed by atoms with Crippen LogP contribution >= 0.6 is 27.5 Å². The average molecular weight is 398 g/mol. The predicted octanol–water partition coefficient (Wildman–Crippen LogP) is 4.18. The molecule has 0 amide bonds. The van der Waals surface area contributed by atoms with Crippen molar-refractivity contribution < 1.29 is 17.9 Å². The molecule has 0 unspecified atom stereocenters. The Morgan fingerprint density at radius 2 is 2.05 bits per heavy atom. The zero-order chi connectivity index (χ0) is 16.6. The van der Waals surface area contributed by atoms with Gasteiger partial charge in [0.05, 0.1) is 17.3 Å². The van der Waals surface area contributed by atoms with Crippen molar-refractivity contribution in [1.82, 2.24) is 9.55 Å². The second kappa shape index (κ2) is 6.29. The second-order valence-electron chi connectivity index (χ2n) is 4.24. The highest BCUT2D eigenvalue weighted by atomic mass is 79.9. The topological polar surface area (TPSA) is 44.1 Å². The molecule has 0 aliphatic rings. The van der Waals surface area contributed by atoms with Gasteiger partial charge in [-0.1, -0.05) is 11.6 Å². The lowest BCUT2D eigenvalue weighted by atomic mass is 10.1. The molecule has 0 spiro atoms. The smallest absolute Gasteiger partial charge is 0.322 e. The zero-order valence-electron chi connectivity index (χ0n) is 11.3. The van der Waals surface area contributed by atoms with Gasteiger partial charge in [-0.05, 0) is 35.0 Å². The van der Waals surface area contributed by atoms with E-state index in [0.29, 0.717) is 4.47 Å². The number of alkyl halides is 2. The Morgan fingerprint density at radius 3 is 2.59 bits per heavy atom. The minimum absolute atomic E-state index is 0.119. The zero-order valence-corrected chi connectivity index (χ0v) is 13.7. The van der Waals surface area contributed by atoms with Crippen molar-refractivity contribution in [2.45, 2.75) is 13.5 Å². The Kier molecular flexibility index (Phi) is 4.81. The van der Waals surface area contributed by atoms with Crippen molar-refractivity contribution in [2.24, 2.45) is 0 Å². The summed E-state index contributed by atoms with van der Waals surface area (Å²) in [5.74, 6) is -0.721. The average Bonchev–Trinajstić information content (AvgIpc) is 2.43. The summed E-state index contributed by atoms with van der Waals surface area (Å²) >= 11 is 8.92. The normalized spacial score (nSPS) is 11.1. The fourth-order valence-electron chi connectivity index (χ4n) is 1.89. The molecule has 0 fully saturated rings. The molecule has 118 valence electrons. The van der Waals surface area contributed by atoms with E-state index in [-0.39, 0.29) is 27.4 Å². The van der Waals surface area contributed by atoms with Gasteiger partial charge in [-0.3, -0.25) is 4.79 Å². The summed E-state index contributed by atoms with van der Waals surface area (Å²) in [4.78, 5) is 15.7. The molecule has 22 heavy (non-hydrogen) atoms. The highest BCUT2D eigenvalue weighted by Gasteiger charge is 2.22. The van der Waals surface area contributed by atoms with Gasteiger partial charge in [0, 0.05) is 5.56 Å². The maximum absolute atomic E-state index is 14.1. The Labute approximate surface area is 136 Å². The lowest BCUT2D eigenvalue weighted by Gasteiger charge is -2.13. The molecule has 0 N–H and O–H groups in total. The molecule has 4 nitrogen and oxygen atoms in total. The van der Waals surface area contributed by atoms with E-state index in [9.17, 15) is 18.0 Å². The third-order valence-corrected chi connectivity index (χ3v) is 3.89. The van der Waals surface area contributed by atoms with E-state index < -0.39 is 22.9 Å². The van der Waals surface area contributed by atoms with Gasteiger partial charge in [-0.2, -0.15) is 8.78 Å². The number of aromatic nitrogens is 2. The fourth-order valence-corrected chi connectivity index (χ4v) is 2.61. The van der Waals surface area contributed by atoms with E-state index in [1.54, 1.807) is 0 Å². The van der Waals surface area contributed by atoms with Crippen molar-refractivity contribution >= 4 is 27.5 Å². The minimum atomic E-state index is -3.09. The van der Waals surface area contributed by atoms with E-state index >= 15 is 0 Å². The molecular weight excluding hydrogens is 389 g/mol. The number of methoxy groups -OCH3 is 1. The van der Waals surface area contributed by atoms with Crippen molar-refractivity contribution in [3.8, 4) is 17.0 Å².